The minimum absolute atomic E-state index is 0.0152. The Hall–Kier alpha value is -0.660. The molecule has 1 saturated heterocycles. The molecule has 5 aliphatic rings. The highest BCUT2D eigenvalue weighted by atomic mass is 19.4. The summed E-state index contributed by atoms with van der Waals surface area (Å²) < 4.78 is 94.6. The van der Waals surface area contributed by atoms with Gasteiger partial charge in [0, 0.05) is 11.8 Å². The first-order valence-corrected chi connectivity index (χ1v) is 14.2. The van der Waals surface area contributed by atoms with Crippen LogP contribution in [0.4, 0.5) is 26.3 Å². The Morgan fingerprint density at radius 1 is 0.825 bits per heavy atom. The van der Waals surface area contributed by atoms with Crippen molar-refractivity contribution in [1.29, 1.82) is 0 Å². The van der Waals surface area contributed by atoms with Crippen LogP contribution in [0.5, 0.6) is 0 Å². The lowest BCUT2D eigenvalue weighted by atomic mass is 9.57. The second-order valence-electron chi connectivity index (χ2n) is 15.2. The topological polar surface area (TPSA) is 88.4 Å². The van der Waals surface area contributed by atoms with E-state index in [1.165, 1.54) is 0 Å². The molecule has 40 heavy (non-hydrogen) atoms. The summed E-state index contributed by atoms with van der Waals surface area (Å²) in [5, 5.41) is 32.6. The molecule has 0 aromatic rings. The van der Waals surface area contributed by atoms with Crippen LogP contribution in [-0.4, -0.2) is 64.9 Å². The zero-order valence-electron chi connectivity index (χ0n) is 23.7. The first kappa shape index (κ1) is 30.8. The van der Waals surface area contributed by atoms with Crippen molar-refractivity contribution >= 4 is 0 Å². The highest BCUT2D eigenvalue weighted by Crippen LogP contribution is 2.68. The number of alkyl halides is 6. The zero-order valence-corrected chi connectivity index (χ0v) is 23.7. The summed E-state index contributed by atoms with van der Waals surface area (Å²) in [5.74, 6) is 0.219. The maximum absolute atomic E-state index is 13.1. The van der Waals surface area contributed by atoms with Gasteiger partial charge in [0.2, 0.25) is 0 Å². The molecule has 0 aromatic carbocycles. The van der Waals surface area contributed by atoms with Gasteiger partial charge < -0.3 is 29.5 Å². The average molecular weight is 589 g/mol. The van der Waals surface area contributed by atoms with Crippen molar-refractivity contribution in [1.82, 2.24) is 0 Å². The van der Waals surface area contributed by atoms with Gasteiger partial charge in [-0.25, -0.2) is 0 Å². The summed E-state index contributed by atoms with van der Waals surface area (Å²) in [6, 6.07) is 0. The van der Waals surface area contributed by atoms with Gasteiger partial charge in [-0.2, -0.15) is 26.3 Å². The Kier molecular flexibility index (Phi) is 7.25. The van der Waals surface area contributed by atoms with Gasteiger partial charge in [0.05, 0.1) is 17.6 Å². The van der Waals surface area contributed by atoms with Crippen LogP contribution in [-0.2, 0) is 14.2 Å². The molecule has 0 spiro atoms. The van der Waals surface area contributed by atoms with Crippen LogP contribution in [0, 0.1) is 57.7 Å². The number of rotatable bonds is 6. The highest BCUT2D eigenvalue weighted by molar-refractivity contribution is 5.16. The number of hydrogen-bond acceptors (Lipinski definition) is 6. The van der Waals surface area contributed by atoms with Crippen molar-refractivity contribution in [3.05, 3.63) is 0 Å². The molecule has 3 N–H and O–H groups in total. The van der Waals surface area contributed by atoms with E-state index in [-0.39, 0.29) is 35.5 Å². The van der Waals surface area contributed by atoms with E-state index in [4.69, 9.17) is 9.47 Å². The van der Waals surface area contributed by atoms with Crippen LogP contribution in [0.2, 0.25) is 0 Å². The smallest absolute Gasteiger partial charge is 0.368 e. The molecule has 4 saturated carbocycles. The average Bonchev–Trinajstić information content (AvgIpc) is 3.54. The molecule has 13 atom stereocenters. The fourth-order valence-electron chi connectivity index (χ4n) is 9.77. The van der Waals surface area contributed by atoms with Crippen molar-refractivity contribution in [2.45, 2.75) is 117 Å². The number of fused-ring (bicyclic) bond motifs is 3. The summed E-state index contributed by atoms with van der Waals surface area (Å²) >= 11 is 0. The molecule has 4 bridgehead atoms. The fourth-order valence-corrected chi connectivity index (χ4v) is 9.77. The Bertz CT molecular complexity index is 945. The monoisotopic (exact) mass is 588 g/mol. The number of ether oxygens (including phenoxy) is 3. The third kappa shape index (κ3) is 4.71. The maximum Gasteiger partial charge on any atom is 0.423 e. The van der Waals surface area contributed by atoms with Crippen LogP contribution in [0.15, 0.2) is 0 Å². The molecular weight excluding hydrogens is 546 g/mol. The number of aliphatic hydroxyl groups is 3. The molecule has 1 aliphatic heterocycles. The number of halogens is 6. The lowest BCUT2D eigenvalue weighted by Gasteiger charge is -2.49. The first-order valence-electron chi connectivity index (χ1n) is 14.2. The molecule has 4 aliphatic carbocycles. The molecule has 5 rings (SSSR count). The molecule has 0 radical (unpaired) electrons. The van der Waals surface area contributed by atoms with Gasteiger partial charge in [-0.1, -0.05) is 41.5 Å². The highest BCUT2D eigenvalue weighted by Gasteiger charge is 2.74. The Balaban J connectivity index is 1.29. The van der Waals surface area contributed by atoms with Crippen molar-refractivity contribution in [3.63, 3.8) is 0 Å². The molecule has 1 heterocycles. The van der Waals surface area contributed by atoms with Crippen molar-refractivity contribution in [2.24, 2.45) is 57.7 Å². The normalized spacial score (nSPS) is 44.7. The summed E-state index contributed by atoms with van der Waals surface area (Å²) in [6.45, 7) is 13.4. The molecule has 232 valence electrons. The molecule has 5 fully saturated rings. The van der Waals surface area contributed by atoms with E-state index >= 15 is 0 Å². The quantitative estimate of drug-likeness (QED) is 0.291. The van der Waals surface area contributed by atoms with Crippen LogP contribution in [0.1, 0.15) is 67.2 Å². The van der Waals surface area contributed by atoms with E-state index in [0.29, 0.717) is 17.8 Å². The maximum atomic E-state index is 13.1. The lowest BCUT2D eigenvalue weighted by Crippen LogP contribution is -2.54. The molecule has 0 aromatic heterocycles. The number of hydrogen-bond donors (Lipinski definition) is 3. The van der Waals surface area contributed by atoms with Gasteiger partial charge in [-0.15, -0.1) is 0 Å². The Labute approximate surface area is 230 Å². The van der Waals surface area contributed by atoms with Crippen molar-refractivity contribution in [2.75, 3.05) is 0 Å². The molecule has 0 amide bonds. The van der Waals surface area contributed by atoms with E-state index < -0.39 is 66.8 Å². The van der Waals surface area contributed by atoms with Gasteiger partial charge in [-0.3, -0.25) is 0 Å². The lowest BCUT2D eigenvalue weighted by molar-refractivity contribution is -0.369. The zero-order chi connectivity index (χ0) is 30.0. The summed E-state index contributed by atoms with van der Waals surface area (Å²) in [5.41, 5.74) is -1.73. The van der Waals surface area contributed by atoms with E-state index in [0.717, 1.165) is 12.8 Å². The van der Waals surface area contributed by atoms with Gasteiger partial charge in [0.15, 0.2) is 18.9 Å². The van der Waals surface area contributed by atoms with Crippen LogP contribution in [0.25, 0.3) is 0 Å². The van der Waals surface area contributed by atoms with E-state index in [1.807, 2.05) is 0 Å². The molecule has 12 heteroatoms. The molecular formula is C28H42F6O6. The van der Waals surface area contributed by atoms with Crippen molar-refractivity contribution < 1.29 is 55.9 Å². The minimum Gasteiger partial charge on any atom is -0.368 e. The van der Waals surface area contributed by atoms with Crippen LogP contribution >= 0.6 is 0 Å². The summed E-state index contributed by atoms with van der Waals surface area (Å²) in [4.78, 5) is 0. The standard InChI is InChI=1S/C28H42F6O6/c1-24(2,3)16-11-7-13(17(16)25(4,5)6)14(8-11)20(35)38-18-12-9-15-19(18)39-22(36)26(15,10-12)23(37)40-21(27(29,30)31)28(32,33)34/h11-23,35-37H,7-10H2,1-6H3. The van der Waals surface area contributed by atoms with Gasteiger partial charge in [0.1, 0.15) is 0 Å². The number of aliphatic hydroxyl groups excluding tert-OH is 3. The van der Waals surface area contributed by atoms with Crippen LogP contribution in [0.3, 0.4) is 0 Å². The minimum atomic E-state index is -5.80. The van der Waals surface area contributed by atoms with E-state index in [2.05, 4.69) is 46.3 Å². The summed E-state index contributed by atoms with van der Waals surface area (Å²) in [6.07, 6.45) is -21.0. The summed E-state index contributed by atoms with van der Waals surface area (Å²) in [7, 11) is 0. The molecule has 13 unspecified atom stereocenters. The Morgan fingerprint density at radius 3 is 1.93 bits per heavy atom. The second kappa shape index (κ2) is 9.42. The predicted octanol–water partition coefficient (Wildman–Crippen LogP) is 5.24. The van der Waals surface area contributed by atoms with Gasteiger partial charge in [0.25, 0.3) is 6.10 Å². The van der Waals surface area contributed by atoms with E-state index in [9.17, 15) is 41.7 Å². The van der Waals surface area contributed by atoms with Gasteiger partial charge >= 0.3 is 12.4 Å². The third-order valence-electron chi connectivity index (χ3n) is 10.8. The fraction of sp³-hybridized carbons (Fsp3) is 1.00. The van der Waals surface area contributed by atoms with Crippen LogP contribution < -0.4 is 0 Å². The molecule has 6 nitrogen and oxygen atoms in total. The largest absolute Gasteiger partial charge is 0.423 e. The van der Waals surface area contributed by atoms with E-state index in [1.54, 1.807) is 0 Å². The van der Waals surface area contributed by atoms with Gasteiger partial charge in [-0.05, 0) is 66.1 Å². The Morgan fingerprint density at radius 2 is 1.40 bits per heavy atom. The first-order chi connectivity index (χ1) is 18.1. The second-order valence-corrected chi connectivity index (χ2v) is 15.2. The SMILES string of the molecule is CC(C)(C)C1C2CC(C(O)OC3C4CC5C3OC(O)C5(C(O)OC(C(F)(F)F)C(F)(F)F)C4)C(C2)C1C(C)(C)C. The van der Waals surface area contributed by atoms with Crippen molar-refractivity contribution in [3.8, 4) is 0 Å². The predicted molar refractivity (Wildman–Crippen MR) is 129 cm³/mol. The third-order valence-corrected chi connectivity index (χ3v) is 10.8.